The van der Waals surface area contributed by atoms with Gasteiger partial charge in [0, 0.05) is 5.69 Å². The van der Waals surface area contributed by atoms with Crippen LogP contribution in [0, 0.1) is 12.7 Å². The first-order valence-corrected chi connectivity index (χ1v) is 7.28. The van der Waals surface area contributed by atoms with Crippen LogP contribution in [0.1, 0.15) is 12.0 Å². The lowest BCUT2D eigenvalue weighted by Crippen LogP contribution is -2.15. The molecule has 0 radical (unpaired) electrons. The number of rotatable bonds is 5. The number of hydrogen-bond donors (Lipinski definition) is 1. The van der Waals surface area contributed by atoms with Gasteiger partial charge in [-0.3, -0.25) is 4.79 Å². The van der Waals surface area contributed by atoms with Crippen LogP contribution < -0.4 is 10.1 Å². The summed E-state index contributed by atoms with van der Waals surface area (Å²) in [6, 6.07) is 12.1. The molecule has 2 aromatic rings. The zero-order valence-electron chi connectivity index (χ0n) is 11.5. The maximum absolute atomic E-state index is 13.3. The summed E-state index contributed by atoms with van der Waals surface area (Å²) in [7, 11) is 0. The summed E-state index contributed by atoms with van der Waals surface area (Å²) in [5.41, 5.74) is 1.53. The molecule has 0 heterocycles. The van der Waals surface area contributed by atoms with Crippen molar-refractivity contribution in [3.05, 3.63) is 58.3 Å². The van der Waals surface area contributed by atoms with Crippen molar-refractivity contribution >= 4 is 27.5 Å². The topological polar surface area (TPSA) is 38.3 Å². The van der Waals surface area contributed by atoms with E-state index in [1.807, 2.05) is 31.2 Å². The van der Waals surface area contributed by atoms with Crippen LogP contribution in [-0.2, 0) is 4.79 Å². The Morgan fingerprint density at radius 1 is 1.29 bits per heavy atom. The molecular weight excluding hydrogens is 337 g/mol. The second kappa shape index (κ2) is 7.22. The van der Waals surface area contributed by atoms with E-state index in [1.165, 1.54) is 6.07 Å². The van der Waals surface area contributed by atoms with Crippen LogP contribution in [0.25, 0.3) is 0 Å². The Balaban J connectivity index is 1.81. The molecule has 0 aromatic heterocycles. The molecule has 1 amide bonds. The van der Waals surface area contributed by atoms with E-state index in [-0.39, 0.29) is 18.9 Å². The van der Waals surface area contributed by atoms with Gasteiger partial charge in [0.15, 0.2) is 0 Å². The van der Waals surface area contributed by atoms with Gasteiger partial charge in [0.05, 0.1) is 17.5 Å². The molecule has 0 aliphatic carbocycles. The predicted octanol–water partition coefficient (Wildman–Crippen LogP) is 4.30. The summed E-state index contributed by atoms with van der Waals surface area (Å²) in [5, 5.41) is 2.63. The van der Waals surface area contributed by atoms with Gasteiger partial charge in [-0.1, -0.05) is 12.1 Å². The average Bonchev–Trinajstić information content (AvgIpc) is 2.43. The molecule has 3 nitrogen and oxygen atoms in total. The molecule has 5 heteroatoms. The molecule has 1 N–H and O–H groups in total. The number of halogens is 2. The van der Waals surface area contributed by atoms with Crippen LogP contribution in [0.3, 0.4) is 0 Å². The second-order valence-corrected chi connectivity index (χ2v) is 5.45. The van der Waals surface area contributed by atoms with Gasteiger partial charge in [-0.2, -0.15) is 0 Å². The maximum Gasteiger partial charge on any atom is 0.227 e. The van der Waals surface area contributed by atoms with E-state index >= 15 is 0 Å². The zero-order chi connectivity index (χ0) is 15.2. The Morgan fingerprint density at radius 2 is 2.10 bits per heavy atom. The Labute approximate surface area is 131 Å². The van der Waals surface area contributed by atoms with Gasteiger partial charge < -0.3 is 10.1 Å². The van der Waals surface area contributed by atoms with Crippen molar-refractivity contribution in [1.29, 1.82) is 0 Å². The molecule has 0 aliphatic heterocycles. The molecule has 0 saturated carbocycles. The van der Waals surface area contributed by atoms with E-state index in [2.05, 4.69) is 21.2 Å². The predicted molar refractivity (Wildman–Crippen MR) is 84.0 cm³/mol. The first-order chi connectivity index (χ1) is 10.0. The summed E-state index contributed by atoms with van der Waals surface area (Å²) >= 11 is 3.06. The quantitative estimate of drug-likeness (QED) is 0.871. The highest BCUT2D eigenvalue weighted by molar-refractivity contribution is 9.10. The summed E-state index contributed by atoms with van der Waals surface area (Å²) < 4.78 is 19.2. The third kappa shape index (κ3) is 4.86. The van der Waals surface area contributed by atoms with Gasteiger partial charge in [0.25, 0.3) is 0 Å². The summed E-state index contributed by atoms with van der Waals surface area (Å²) in [6.45, 7) is 2.25. The molecule has 0 fully saturated rings. The van der Waals surface area contributed by atoms with Crippen LogP contribution >= 0.6 is 15.9 Å². The van der Waals surface area contributed by atoms with Crippen LogP contribution in [0.2, 0.25) is 0 Å². The van der Waals surface area contributed by atoms with E-state index in [1.54, 1.807) is 12.1 Å². The SMILES string of the molecule is Cc1cccc(OCCC(=O)Nc2ccc(Br)c(F)c2)c1. The zero-order valence-corrected chi connectivity index (χ0v) is 13.1. The van der Waals surface area contributed by atoms with Crippen molar-refractivity contribution < 1.29 is 13.9 Å². The van der Waals surface area contributed by atoms with E-state index < -0.39 is 5.82 Å². The number of ether oxygens (including phenoxy) is 1. The molecule has 21 heavy (non-hydrogen) atoms. The highest BCUT2D eigenvalue weighted by atomic mass is 79.9. The standard InChI is InChI=1S/C16H15BrFNO2/c1-11-3-2-4-13(9-11)21-8-7-16(20)19-12-5-6-14(17)15(18)10-12/h2-6,9-10H,7-8H2,1H3,(H,19,20). The lowest BCUT2D eigenvalue weighted by Gasteiger charge is -2.08. The normalized spacial score (nSPS) is 10.2. The fourth-order valence-corrected chi connectivity index (χ4v) is 2.01. The van der Waals surface area contributed by atoms with Gasteiger partial charge in [0.2, 0.25) is 5.91 Å². The monoisotopic (exact) mass is 351 g/mol. The van der Waals surface area contributed by atoms with E-state index in [4.69, 9.17) is 4.74 Å². The van der Waals surface area contributed by atoms with Gasteiger partial charge in [-0.15, -0.1) is 0 Å². The fourth-order valence-electron chi connectivity index (χ4n) is 1.76. The number of carbonyl (C=O) groups is 1. The highest BCUT2D eigenvalue weighted by Gasteiger charge is 2.05. The molecule has 110 valence electrons. The minimum atomic E-state index is -0.413. The van der Waals surface area contributed by atoms with Crippen LogP contribution in [-0.4, -0.2) is 12.5 Å². The first-order valence-electron chi connectivity index (χ1n) is 6.49. The maximum atomic E-state index is 13.3. The van der Waals surface area contributed by atoms with Crippen molar-refractivity contribution in [2.75, 3.05) is 11.9 Å². The van der Waals surface area contributed by atoms with Crippen molar-refractivity contribution in [1.82, 2.24) is 0 Å². The fraction of sp³-hybridized carbons (Fsp3) is 0.188. The van der Waals surface area contributed by atoms with Crippen molar-refractivity contribution in [3.8, 4) is 5.75 Å². The number of carbonyl (C=O) groups excluding carboxylic acids is 1. The summed E-state index contributed by atoms with van der Waals surface area (Å²) in [5.74, 6) is 0.102. The molecule has 0 aliphatic rings. The number of anilines is 1. The van der Waals surface area contributed by atoms with E-state index in [9.17, 15) is 9.18 Å². The molecule has 2 aromatic carbocycles. The molecule has 2 rings (SSSR count). The minimum Gasteiger partial charge on any atom is -0.493 e. The molecule has 0 unspecified atom stereocenters. The highest BCUT2D eigenvalue weighted by Crippen LogP contribution is 2.19. The first kappa shape index (κ1) is 15.5. The Bertz CT molecular complexity index is 646. The van der Waals surface area contributed by atoms with E-state index in [0.717, 1.165) is 11.3 Å². The minimum absolute atomic E-state index is 0.200. The summed E-state index contributed by atoms with van der Waals surface area (Å²) in [6.07, 6.45) is 0.200. The van der Waals surface area contributed by atoms with Crippen molar-refractivity contribution in [3.63, 3.8) is 0 Å². The van der Waals surface area contributed by atoms with Crippen LogP contribution in [0.4, 0.5) is 10.1 Å². The number of nitrogens with one attached hydrogen (secondary N) is 1. The lowest BCUT2D eigenvalue weighted by molar-refractivity contribution is -0.116. The third-order valence-electron chi connectivity index (χ3n) is 2.79. The number of benzene rings is 2. The number of aryl methyl sites for hydroxylation is 1. The Kier molecular flexibility index (Phi) is 5.33. The van der Waals surface area contributed by atoms with Crippen LogP contribution in [0.15, 0.2) is 46.9 Å². The van der Waals surface area contributed by atoms with Crippen LogP contribution in [0.5, 0.6) is 5.75 Å². The largest absolute Gasteiger partial charge is 0.493 e. The van der Waals surface area contributed by atoms with Gasteiger partial charge >= 0.3 is 0 Å². The molecule has 0 atom stereocenters. The Hall–Kier alpha value is -1.88. The van der Waals surface area contributed by atoms with Gasteiger partial charge in [-0.25, -0.2) is 4.39 Å². The van der Waals surface area contributed by atoms with Gasteiger partial charge in [-0.05, 0) is 58.7 Å². The molecular formula is C16H15BrFNO2. The summed E-state index contributed by atoms with van der Waals surface area (Å²) in [4.78, 5) is 11.7. The smallest absolute Gasteiger partial charge is 0.227 e. The van der Waals surface area contributed by atoms with E-state index in [0.29, 0.717) is 10.2 Å². The molecule has 0 saturated heterocycles. The number of amides is 1. The molecule has 0 bridgehead atoms. The average molecular weight is 352 g/mol. The van der Waals surface area contributed by atoms with Crippen molar-refractivity contribution in [2.45, 2.75) is 13.3 Å². The lowest BCUT2D eigenvalue weighted by atomic mass is 10.2. The second-order valence-electron chi connectivity index (χ2n) is 4.59. The van der Waals surface area contributed by atoms with Gasteiger partial charge in [0.1, 0.15) is 11.6 Å². The number of hydrogen-bond acceptors (Lipinski definition) is 2. The molecule has 0 spiro atoms. The Morgan fingerprint density at radius 3 is 2.81 bits per heavy atom. The third-order valence-corrected chi connectivity index (χ3v) is 3.43. The van der Waals surface area contributed by atoms with Crippen molar-refractivity contribution in [2.24, 2.45) is 0 Å².